The van der Waals surface area contributed by atoms with Gasteiger partial charge in [0.1, 0.15) is 0 Å². The first-order valence-corrected chi connectivity index (χ1v) is 7.36. The summed E-state index contributed by atoms with van der Waals surface area (Å²) in [6, 6.07) is 5.16. The smallest absolute Gasteiger partial charge is 0.325 e. The van der Waals surface area contributed by atoms with Crippen LogP contribution in [-0.2, 0) is 26.0 Å². The number of nitrogens with zero attached hydrogens (tertiary/aromatic N) is 1. The molecule has 0 spiro atoms. The van der Waals surface area contributed by atoms with Gasteiger partial charge in [-0.1, -0.05) is 6.07 Å². The highest BCUT2D eigenvalue weighted by Crippen LogP contribution is 2.33. The van der Waals surface area contributed by atoms with Gasteiger partial charge in [-0.25, -0.2) is 8.42 Å². The molecule has 19 heavy (non-hydrogen) atoms. The second-order valence-corrected chi connectivity index (χ2v) is 6.60. The first kappa shape index (κ1) is 13.7. The van der Waals surface area contributed by atoms with Crippen LogP contribution in [0.25, 0.3) is 0 Å². The van der Waals surface area contributed by atoms with E-state index in [2.05, 4.69) is 4.74 Å². The molecular weight excluding hydrogens is 268 g/mol. The van der Waals surface area contributed by atoms with Crippen molar-refractivity contribution in [3.05, 3.63) is 23.8 Å². The largest absolute Gasteiger partial charge is 0.468 e. The fraction of sp³-hybridized carbons (Fsp3) is 0.417. The molecule has 1 aliphatic heterocycles. The first-order valence-electron chi connectivity index (χ1n) is 5.85. The molecule has 7 heteroatoms. The zero-order valence-corrected chi connectivity index (χ0v) is 11.6. The van der Waals surface area contributed by atoms with Crippen LogP contribution >= 0.6 is 0 Å². The minimum atomic E-state index is -3.78. The van der Waals surface area contributed by atoms with Gasteiger partial charge in [-0.15, -0.1) is 0 Å². The molecular formula is C12H16N2O4S. The minimum absolute atomic E-state index is 0.322. The Morgan fingerprint density at radius 3 is 2.79 bits per heavy atom. The second-order valence-electron chi connectivity index (χ2n) is 4.42. The van der Waals surface area contributed by atoms with E-state index >= 15 is 0 Å². The highest BCUT2D eigenvalue weighted by atomic mass is 32.2. The zero-order valence-electron chi connectivity index (χ0n) is 10.8. The highest BCUT2D eigenvalue weighted by molar-refractivity contribution is 7.94. The third-order valence-corrected chi connectivity index (χ3v) is 5.33. The minimum Gasteiger partial charge on any atom is -0.468 e. The number of benzene rings is 1. The van der Waals surface area contributed by atoms with Gasteiger partial charge in [0.25, 0.3) is 0 Å². The maximum absolute atomic E-state index is 12.4. The lowest BCUT2D eigenvalue weighted by atomic mass is 10.1. The molecule has 2 N–H and O–H groups in total. The predicted octanol–water partition coefficient (Wildman–Crippen LogP) is 0.523. The van der Waals surface area contributed by atoms with Crippen LogP contribution in [0.2, 0.25) is 0 Å². The van der Waals surface area contributed by atoms with Crippen LogP contribution in [0.1, 0.15) is 12.5 Å². The summed E-state index contributed by atoms with van der Waals surface area (Å²) in [6.07, 6.45) is 0.614. The Morgan fingerprint density at radius 2 is 2.16 bits per heavy atom. The van der Waals surface area contributed by atoms with Gasteiger partial charge < -0.3 is 10.5 Å². The molecule has 1 aliphatic rings. The van der Waals surface area contributed by atoms with E-state index in [0.717, 1.165) is 5.56 Å². The van der Waals surface area contributed by atoms with Crippen LogP contribution in [0, 0.1) is 0 Å². The number of esters is 1. The van der Waals surface area contributed by atoms with Crippen LogP contribution < -0.4 is 10.0 Å². The number of hydrogen-bond acceptors (Lipinski definition) is 5. The summed E-state index contributed by atoms with van der Waals surface area (Å²) in [5.74, 6) is -0.766. The lowest BCUT2D eigenvalue weighted by Crippen LogP contribution is -2.40. The average Bonchev–Trinajstić information content (AvgIpc) is 2.80. The van der Waals surface area contributed by atoms with E-state index in [-0.39, 0.29) is 0 Å². The predicted molar refractivity (Wildman–Crippen MR) is 72.3 cm³/mol. The normalized spacial score (nSPS) is 16.0. The van der Waals surface area contributed by atoms with Crippen molar-refractivity contribution in [1.82, 2.24) is 0 Å². The number of carbonyl (C=O) groups is 1. The first-order chi connectivity index (χ1) is 8.87. The van der Waals surface area contributed by atoms with Gasteiger partial charge in [0.15, 0.2) is 5.25 Å². The lowest BCUT2D eigenvalue weighted by molar-refractivity contribution is -0.139. The standard InChI is InChI=1S/C12H16N2O4S/c1-8(12(15)18-2)19(16,17)14-6-5-9-3-4-10(13)7-11(9)14/h3-4,7-8H,5-6,13H2,1-2H3. The summed E-state index contributed by atoms with van der Waals surface area (Å²) in [4.78, 5) is 11.4. The van der Waals surface area contributed by atoms with Crippen LogP contribution in [0.15, 0.2) is 18.2 Å². The SMILES string of the molecule is COC(=O)C(C)S(=O)(=O)N1CCc2ccc(N)cc21. The number of carbonyl (C=O) groups excluding carboxylic acids is 1. The number of nitrogen functional groups attached to an aromatic ring is 1. The second kappa shape index (κ2) is 4.73. The van der Waals surface area contributed by atoms with Gasteiger partial charge in [-0.2, -0.15) is 0 Å². The van der Waals surface area contributed by atoms with E-state index in [1.54, 1.807) is 12.1 Å². The summed E-state index contributed by atoms with van der Waals surface area (Å²) in [5, 5.41) is -1.23. The molecule has 0 aromatic heterocycles. The molecule has 1 atom stereocenters. The monoisotopic (exact) mass is 284 g/mol. The summed E-state index contributed by atoms with van der Waals surface area (Å²) in [5.41, 5.74) is 7.64. The Balaban J connectivity index is 2.40. The Bertz CT molecular complexity index is 612. The third kappa shape index (κ3) is 2.25. The van der Waals surface area contributed by atoms with Gasteiger partial charge >= 0.3 is 5.97 Å². The van der Waals surface area contributed by atoms with Crippen molar-refractivity contribution in [3.8, 4) is 0 Å². The number of anilines is 2. The maximum Gasteiger partial charge on any atom is 0.325 e. The van der Waals surface area contributed by atoms with E-state index in [0.29, 0.717) is 24.3 Å². The van der Waals surface area contributed by atoms with E-state index in [9.17, 15) is 13.2 Å². The Kier molecular flexibility index (Phi) is 3.40. The average molecular weight is 284 g/mol. The van der Waals surface area contributed by atoms with Gasteiger partial charge in [-0.3, -0.25) is 9.10 Å². The Hall–Kier alpha value is -1.76. The van der Waals surface area contributed by atoms with Crippen molar-refractivity contribution in [3.63, 3.8) is 0 Å². The fourth-order valence-electron chi connectivity index (χ4n) is 2.11. The third-order valence-electron chi connectivity index (χ3n) is 3.25. The molecule has 0 bridgehead atoms. The number of nitrogens with two attached hydrogens (primary N) is 1. The topological polar surface area (TPSA) is 89.7 Å². The van der Waals surface area contributed by atoms with Gasteiger partial charge in [-0.05, 0) is 31.0 Å². The molecule has 1 heterocycles. The number of sulfonamides is 1. The van der Waals surface area contributed by atoms with Crippen LogP contribution in [0.5, 0.6) is 0 Å². The van der Waals surface area contributed by atoms with Crippen LogP contribution in [0.3, 0.4) is 0 Å². The highest BCUT2D eigenvalue weighted by Gasteiger charge is 2.37. The van der Waals surface area contributed by atoms with E-state index in [1.165, 1.54) is 18.3 Å². The van der Waals surface area contributed by atoms with Crippen molar-refractivity contribution in [2.75, 3.05) is 23.7 Å². The van der Waals surface area contributed by atoms with E-state index in [1.807, 2.05) is 6.07 Å². The van der Waals surface area contributed by atoms with Crippen molar-refractivity contribution in [2.24, 2.45) is 0 Å². The van der Waals surface area contributed by atoms with Gasteiger partial charge in [0, 0.05) is 12.2 Å². The van der Waals surface area contributed by atoms with Crippen molar-refractivity contribution < 1.29 is 17.9 Å². The van der Waals surface area contributed by atoms with Crippen LogP contribution in [0.4, 0.5) is 11.4 Å². The summed E-state index contributed by atoms with van der Waals surface area (Å²) in [6.45, 7) is 1.65. The molecule has 6 nitrogen and oxygen atoms in total. The number of methoxy groups -OCH3 is 1. The molecule has 1 aromatic carbocycles. The van der Waals surface area contributed by atoms with Crippen molar-refractivity contribution in [2.45, 2.75) is 18.6 Å². The molecule has 0 radical (unpaired) electrons. The molecule has 2 rings (SSSR count). The molecule has 104 valence electrons. The van der Waals surface area contributed by atoms with Gasteiger partial charge in [0.2, 0.25) is 10.0 Å². The Morgan fingerprint density at radius 1 is 1.47 bits per heavy atom. The van der Waals surface area contributed by atoms with Crippen molar-refractivity contribution >= 4 is 27.4 Å². The molecule has 0 amide bonds. The van der Waals surface area contributed by atoms with Crippen molar-refractivity contribution in [1.29, 1.82) is 0 Å². The quantitative estimate of drug-likeness (QED) is 0.645. The molecule has 0 saturated heterocycles. The zero-order chi connectivity index (χ0) is 14.2. The van der Waals surface area contributed by atoms with E-state index in [4.69, 9.17) is 5.73 Å². The fourth-order valence-corrected chi connectivity index (χ4v) is 3.62. The number of ether oxygens (including phenoxy) is 1. The van der Waals surface area contributed by atoms with Crippen LogP contribution in [-0.4, -0.2) is 33.3 Å². The molecule has 1 aromatic rings. The Labute approximate surface area is 112 Å². The molecule has 0 aliphatic carbocycles. The number of rotatable bonds is 3. The summed E-state index contributed by atoms with van der Waals surface area (Å²) >= 11 is 0. The van der Waals surface area contributed by atoms with Gasteiger partial charge in [0.05, 0.1) is 12.8 Å². The molecule has 1 unspecified atom stereocenters. The number of fused-ring (bicyclic) bond motifs is 1. The van der Waals surface area contributed by atoms with E-state index < -0.39 is 21.2 Å². The molecule has 0 saturated carbocycles. The number of hydrogen-bond donors (Lipinski definition) is 1. The lowest BCUT2D eigenvalue weighted by Gasteiger charge is -2.22. The summed E-state index contributed by atoms with van der Waals surface area (Å²) in [7, 11) is -2.61. The molecule has 0 fully saturated rings. The maximum atomic E-state index is 12.4. The summed E-state index contributed by atoms with van der Waals surface area (Å²) < 4.78 is 30.5.